The number of rotatable bonds is 7. The van der Waals surface area contributed by atoms with E-state index in [4.69, 9.17) is 10.5 Å². The lowest BCUT2D eigenvalue weighted by atomic mass is 9.46. The van der Waals surface area contributed by atoms with E-state index in [0.717, 1.165) is 51.4 Å². The van der Waals surface area contributed by atoms with E-state index in [0.29, 0.717) is 18.3 Å². The van der Waals surface area contributed by atoms with Crippen LogP contribution in [0.2, 0.25) is 0 Å². The molecule has 0 aromatic rings. The second kappa shape index (κ2) is 7.68. The summed E-state index contributed by atoms with van der Waals surface area (Å²) in [5.41, 5.74) is 6.08. The van der Waals surface area contributed by atoms with Gasteiger partial charge in [-0.15, -0.1) is 0 Å². The molecule has 1 amide bonds. The first-order chi connectivity index (χ1) is 15.6. The summed E-state index contributed by atoms with van der Waals surface area (Å²) >= 11 is 0. The molecule has 0 spiro atoms. The van der Waals surface area contributed by atoms with Crippen molar-refractivity contribution in [3.05, 3.63) is 0 Å². The van der Waals surface area contributed by atoms with Crippen molar-refractivity contribution in [2.45, 2.75) is 108 Å². The van der Waals surface area contributed by atoms with Gasteiger partial charge in [-0.05, 0) is 87.0 Å². The van der Waals surface area contributed by atoms with Crippen molar-refractivity contribution in [1.82, 2.24) is 10.2 Å². The number of esters is 1. The highest BCUT2D eigenvalue weighted by Gasteiger charge is 2.67. The van der Waals surface area contributed by atoms with Gasteiger partial charge < -0.3 is 20.7 Å². The molecule has 0 aromatic heterocycles. The van der Waals surface area contributed by atoms with Gasteiger partial charge in [-0.3, -0.25) is 9.59 Å². The van der Waals surface area contributed by atoms with E-state index in [9.17, 15) is 14.9 Å². The highest BCUT2D eigenvalue weighted by Crippen LogP contribution is 2.65. The molecule has 5 saturated carbocycles. The molecule has 6 fully saturated rings. The van der Waals surface area contributed by atoms with Crippen LogP contribution in [0.25, 0.3) is 0 Å². The number of likely N-dealkylation sites (N-methyl/N-ethyl adjacent to an activating group) is 1. The summed E-state index contributed by atoms with van der Waals surface area (Å²) < 4.78 is 6.36. The fraction of sp³-hybridized carbons (Fsp3) is 0.885. The van der Waals surface area contributed by atoms with Crippen LogP contribution in [-0.2, 0) is 14.3 Å². The fourth-order valence-electron chi connectivity index (χ4n) is 8.51. The van der Waals surface area contributed by atoms with Gasteiger partial charge in [-0.1, -0.05) is 27.2 Å². The fourth-order valence-corrected chi connectivity index (χ4v) is 8.51. The Morgan fingerprint density at radius 1 is 1.21 bits per heavy atom. The Bertz CT molecular complexity index is 869. The Kier molecular flexibility index (Phi) is 5.38. The molecule has 182 valence electrons. The number of hydrogen-bond donors (Lipinski definition) is 2. The molecule has 0 aromatic carbocycles. The number of fused-ring (bicyclic) bond motifs is 1. The van der Waals surface area contributed by atoms with Gasteiger partial charge in [0.2, 0.25) is 5.91 Å². The third-order valence-corrected chi connectivity index (χ3v) is 10.1. The first-order valence-electron chi connectivity index (χ1n) is 13.0. The van der Waals surface area contributed by atoms with Crippen LogP contribution < -0.4 is 11.1 Å². The molecule has 3 N–H and O–H groups in total. The molecular formula is C26H40N4O3. The van der Waals surface area contributed by atoms with Crippen LogP contribution in [0.3, 0.4) is 0 Å². The molecule has 1 saturated heterocycles. The predicted molar refractivity (Wildman–Crippen MR) is 124 cm³/mol. The number of nitriles is 1. The average Bonchev–Trinajstić information content (AvgIpc) is 3.32. The smallest absolute Gasteiger partial charge is 0.323 e. The molecule has 5 aliphatic carbocycles. The number of nitrogens with one attached hydrogen (secondary N) is 1. The topological polar surface area (TPSA) is 108 Å². The molecule has 4 bridgehead atoms. The van der Waals surface area contributed by atoms with Gasteiger partial charge >= 0.3 is 5.97 Å². The zero-order valence-electron chi connectivity index (χ0n) is 20.6. The maximum absolute atomic E-state index is 13.8. The lowest BCUT2D eigenvalue weighted by molar-refractivity contribution is -0.208. The zero-order valence-corrected chi connectivity index (χ0v) is 20.6. The van der Waals surface area contributed by atoms with Crippen molar-refractivity contribution >= 4 is 11.9 Å². The van der Waals surface area contributed by atoms with Gasteiger partial charge in [-0.2, -0.15) is 5.26 Å². The van der Waals surface area contributed by atoms with Crippen molar-refractivity contribution in [3.8, 4) is 6.07 Å². The minimum absolute atomic E-state index is 0.0519. The summed E-state index contributed by atoms with van der Waals surface area (Å²) in [6, 6.07) is 1.20. The predicted octanol–water partition coefficient (Wildman–Crippen LogP) is 2.73. The number of piperidine rings is 1. The first-order valence-corrected chi connectivity index (χ1v) is 13.0. The first kappa shape index (κ1) is 23.1. The molecule has 1 aliphatic heterocycles. The molecule has 8 atom stereocenters. The largest absolute Gasteiger partial charge is 0.458 e. The van der Waals surface area contributed by atoms with Gasteiger partial charge in [0, 0.05) is 6.04 Å². The molecule has 4 unspecified atom stereocenters. The molecular weight excluding hydrogens is 416 g/mol. The molecule has 6 aliphatic rings. The third-order valence-electron chi connectivity index (χ3n) is 10.1. The van der Waals surface area contributed by atoms with Gasteiger partial charge in [0.25, 0.3) is 0 Å². The van der Waals surface area contributed by atoms with Crippen LogP contribution in [0.1, 0.15) is 78.6 Å². The number of amides is 1. The second-order valence-corrected chi connectivity index (χ2v) is 12.5. The van der Waals surface area contributed by atoms with Gasteiger partial charge in [0.1, 0.15) is 17.7 Å². The molecule has 6 rings (SSSR count). The lowest BCUT2D eigenvalue weighted by Crippen LogP contribution is -2.66. The van der Waals surface area contributed by atoms with Gasteiger partial charge in [0.05, 0.1) is 12.1 Å². The molecule has 1 heterocycles. The van der Waals surface area contributed by atoms with E-state index >= 15 is 0 Å². The number of hydrogen-bond acceptors (Lipinski definition) is 6. The lowest BCUT2D eigenvalue weighted by Gasteiger charge is -2.62. The van der Waals surface area contributed by atoms with Crippen LogP contribution in [0.4, 0.5) is 0 Å². The van der Waals surface area contributed by atoms with Crippen molar-refractivity contribution < 1.29 is 14.3 Å². The molecule has 33 heavy (non-hydrogen) atoms. The summed E-state index contributed by atoms with van der Waals surface area (Å²) in [5, 5.41) is 12.8. The minimum Gasteiger partial charge on any atom is -0.458 e. The van der Waals surface area contributed by atoms with Crippen LogP contribution in [0, 0.1) is 39.9 Å². The van der Waals surface area contributed by atoms with Crippen molar-refractivity contribution in [1.29, 1.82) is 5.26 Å². The summed E-state index contributed by atoms with van der Waals surface area (Å²) in [4.78, 5) is 28.8. The Labute approximate surface area is 197 Å². The van der Waals surface area contributed by atoms with E-state index in [-0.39, 0.29) is 46.7 Å². The van der Waals surface area contributed by atoms with Gasteiger partial charge in [0.15, 0.2) is 0 Å². The second-order valence-electron chi connectivity index (χ2n) is 12.5. The van der Waals surface area contributed by atoms with Crippen molar-refractivity contribution in [2.75, 3.05) is 7.05 Å². The minimum atomic E-state index is -0.630. The maximum atomic E-state index is 13.8. The Morgan fingerprint density at radius 3 is 2.45 bits per heavy atom. The van der Waals surface area contributed by atoms with E-state index < -0.39 is 11.6 Å². The normalized spacial score (nSPS) is 45.2. The summed E-state index contributed by atoms with van der Waals surface area (Å²) in [6.45, 7) is 6.34. The summed E-state index contributed by atoms with van der Waals surface area (Å²) in [7, 11) is 1.82. The number of carbonyl (C=O) groups is 2. The number of carbonyl (C=O) groups excluding carboxylic acids is 2. The highest BCUT2D eigenvalue weighted by atomic mass is 16.6. The highest BCUT2D eigenvalue weighted by molar-refractivity contribution is 5.85. The van der Waals surface area contributed by atoms with E-state index in [1.54, 1.807) is 0 Å². The number of ether oxygens (including phenoxy) is 1. The molecule has 7 heteroatoms. The number of nitrogens with two attached hydrogens (primary N) is 1. The molecule has 7 nitrogen and oxygen atoms in total. The standard InChI is InChI=1S/C26H40N4O3/c1-5-15(2)20(29-4)23(32)33-26-9-16-6-17(10-26)8-25(7-16,14-26)21(28)22(31)30-18(13-27)11-24(3)12-19(24)30/h15-21,29H,5-12,14,28H2,1-4H3/t15?,16?,17?,18-,19-,20-,21+,24?,25?,26?/m0/s1. The Hall–Kier alpha value is -1.65. The van der Waals surface area contributed by atoms with Crippen LogP contribution in [0.15, 0.2) is 0 Å². The monoisotopic (exact) mass is 456 g/mol. The van der Waals surface area contributed by atoms with E-state index in [2.05, 4.69) is 32.2 Å². The summed E-state index contributed by atoms with van der Waals surface area (Å²) in [6.07, 6.45) is 8.10. The van der Waals surface area contributed by atoms with Crippen molar-refractivity contribution in [3.63, 3.8) is 0 Å². The van der Waals surface area contributed by atoms with E-state index in [1.165, 1.54) is 0 Å². The third kappa shape index (κ3) is 3.51. The number of likely N-dealkylation sites (tertiary alicyclic amines) is 1. The van der Waals surface area contributed by atoms with Crippen LogP contribution in [0.5, 0.6) is 0 Å². The quantitative estimate of drug-likeness (QED) is 0.570. The Morgan fingerprint density at radius 2 is 1.88 bits per heavy atom. The average molecular weight is 457 g/mol. The zero-order chi connectivity index (χ0) is 23.8. The van der Waals surface area contributed by atoms with Crippen molar-refractivity contribution in [2.24, 2.45) is 34.3 Å². The Balaban J connectivity index is 1.37. The van der Waals surface area contributed by atoms with Crippen LogP contribution >= 0.6 is 0 Å². The SMILES string of the molecule is CCC(C)[C@H](NC)C(=O)OC12CC3CC(C1)CC([C@H](N)C(=O)N1[C@H](C#N)CC4(C)C[C@H]14)(C3)C2. The maximum Gasteiger partial charge on any atom is 0.323 e. The van der Waals surface area contributed by atoms with E-state index in [1.807, 2.05) is 11.9 Å². The summed E-state index contributed by atoms with van der Waals surface area (Å²) in [5.74, 6) is 0.878. The van der Waals surface area contributed by atoms with Crippen LogP contribution in [-0.4, -0.2) is 53.6 Å². The molecule has 0 radical (unpaired) electrons. The van der Waals surface area contributed by atoms with Gasteiger partial charge in [-0.25, -0.2) is 0 Å². The number of nitrogens with zero attached hydrogens (tertiary/aromatic N) is 2.